The molecule has 5 heteroatoms. The van der Waals surface area contributed by atoms with E-state index in [4.69, 9.17) is 0 Å². The Balaban J connectivity index is 2.73. The van der Waals surface area contributed by atoms with Crippen molar-refractivity contribution in [2.75, 3.05) is 6.54 Å². The van der Waals surface area contributed by atoms with E-state index >= 15 is 0 Å². The first-order valence-corrected chi connectivity index (χ1v) is 6.30. The summed E-state index contributed by atoms with van der Waals surface area (Å²) in [5.74, 6) is -0.442. The quantitative estimate of drug-likeness (QED) is 0.787. The van der Waals surface area contributed by atoms with Crippen molar-refractivity contribution in [3.8, 4) is 0 Å². The molecule has 0 fully saturated rings. The Morgan fingerprint density at radius 3 is 2.40 bits per heavy atom. The van der Waals surface area contributed by atoms with Gasteiger partial charge in [0.05, 0.1) is 4.90 Å². The van der Waals surface area contributed by atoms with Crippen LogP contribution in [0.4, 0.5) is 4.39 Å². The van der Waals surface area contributed by atoms with E-state index in [1.54, 1.807) is 0 Å². The van der Waals surface area contributed by atoms with Gasteiger partial charge in [0.1, 0.15) is 5.82 Å². The first kappa shape index (κ1) is 12.1. The average Bonchev–Trinajstić information content (AvgIpc) is 2.18. The Kier molecular flexibility index (Phi) is 4.23. The third-order valence-electron chi connectivity index (χ3n) is 1.95. The maximum Gasteiger partial charge on any atom is 0.240 e. The van der Waals surface area contributed by atoms with E-state index in [1.165, 1.54) is 12.1 Å². The SMILES string of the molecule is CCCCNS(=O)(=O)c1ccc(F)cc1. The molecule has 1 aromatic rings. The van der Waals surface area contributed by atoms with Gasteiger partial charge < -0.3 is 0 Å². The normalized spacial score (nSPS) is 11.6. The van der Waals surface area contributed by atoms with Crippen LogP contribution in [0.25, 0.3) is 0 Å². The van der Waals surface area contributed by atoms with Gasteiger partial charge in [0.15, 0.2) is 0 Å². The number of benzene rings is 1. The minimum atomic E-state index is -3.47. The van der Waals surface area contributed by atoms with E-state index < -0.39 is 15.8 Å². The summed E-state index contributed by atoms with van der Waals surface area (Å²) in [6.07, 6.45) is 1.71. The number of hydrogen-bond donors (Lipinski definition) is 1. The second kappa shape index (κ2) is 5.23. The van der Waals surface area contributed by atoms with Crippen molar-refractivity contribution in [1.82, 2.24) is 4.72 Å². The van der Waals surface area contributed by atoms with E-state index in [2.05, 4.69) is 4.72 Å². The molecule has 15 heavy (non-hydrogen) atoms. The van der Waals surface area contributed by atoms with E-state index in [1.807, 2.05) is 6.92 Å². The molecule has 0 amide bonds. The predicted molar refractivity (Wildman–Crippen MR) is 56.5 cm³/mol. The van der Waals surface area contributed by atoms with Crippen LogP contribution in [0.1, 0.15) is 19.8 Å². The molecule has 0 aliphatic heterocycles. The van der Waals surface area contributed by atoms with Crippen molar-refractivity contribution in [3.63, 3.8) is 0 Å². The van der Waals surface area contributed by atoms with Gasteiger partial charge in [0.25, 0.3) is 0 Å². The molecule has 0 unspecified atom stereocenters. The molecule has 3 nitrogen and oxygen atoms in total. The van der Waals surface area contributed by atoms with Gasteiger partial charge in [-0.3, -0.25) is 0 Å². The highest BCUT2D eigenvalue weighted by atomic mass is 32.2. The molecule has 1 rings (SSSR count). The number of nitrogens with one attached hydrogen (secondary N) is 1. The Bertz CT molecular complexity index is 400. The van der Waals surface area contributed by atoms with Crippen LogP contribution >= 0.6 is 0 Å². The molecular formula is C10H14FNO2S. The number of hydrogen-bond acceptors (Lipinski definition) is 2. The van der Waals surface area contributed by atoms with Gasteiger partial charge in [-0.25, -0.2) is 17.5 Å². The van der Waals surface area contributed by atoms with Crippen LogP contribution in [0.15, 0.2) is 29.2 Å². The Labute approximate surface area is 89.4 Å². The van der Waals surface area contributed by atoms with Crippen LogP contribution < -0.4 is 4.72 Å². The summed E-state index contributed by atoms with van der Waals surface area (Å²) in [4.78, 5) is 0.0972. The second-order valence-electron chi connectivity index (χ2n) is 3.21. The third-order valence-corrected chi connectivity index (χ3v) is 3.42. The summed E-state index contributed by atoms with van der Waals surface area (Å²) in [5.41, 5.74) is 0. The Hall–Kier alpha value is -0.940. The summed E-state index contributed by atoms with van der Waals surface area (Å²) < 4.78 is 38.2. The monoisotopic (exact) mass is 231 g/mol. The summed E-state index contributed by atoms with van der Waals surface area (Å²) in [7, 11) is -3.47. The molecule has 0 bridgehead atoms. The highest BCUT2D eigenvalue weighted by Gasteiger charge is 2.12. The molecule has 84 valence electrons. The summed E-state index contributed by atoms with van der Waals surface area (Å²) in [6, 6.07) is 4.77. The fraction of sp³-hybridized carbons (Fsp3) is 0.400. The zero-order valence-corrected chi connectivity index (χ0v) is 9.35. The van der Waals surface area contributed by atoms with Gasteiger partial charge in [0, 0.05) is 6.54 Å². The molecule has 0 aliphatic carbocycles. The number of halogens is 1. The predicted octanol–water partition coefficient (Wildman–Crippen LogP) is 1.90. The van der Waals surface area contributed by atoms with E-state index in [9.17, 15) is 12.8 Å². The molecule has 0 spiro atoms. The number of sulfonamides is 1. The number of rotatable bonds is 5. The maximum atomic E-state index is 12.6. The van der Waals surface area contributed by atoms with Crippen LogP contribution in [0.5, 0.6) is 0 Å². The van der Waals surface area contributed by atoms with Crippen LogP contribution in [0.2, 0.25) is 0 Å². The van der Waals surface area contributed by atoms with Crippen molar-refractivity contribution in [3.05, 3.63) is 30.1 Å². The fourth-order valence-corrected chi connectivity index (χ4v) is 2.15. The Morgan fingerprint density at radius 2 is 1.87 bits per heavy atom. The van der Waals surface area contributed by atoms with Gasteiger partial charge >= 0.3 is 0 Å². The van der Waals surface area contributed by atoms with Gasteiger partial charge in [0.2, 0.25) is 10.0 Å². The topological polar surface area (TPSA) is 46.2 Å². The molecule has 0 saturated heterocycles. The molecule has 1 aromatic carbocycles. The zero-order chi connectivity index (χ0) is 11.3. The van der Waals surface area contributed by atoms with Crippen LogP contribution in [-0.2, 0) is 10.0 Å². The highest BCUT2D eigenvalue weighted by Crippen LogP contribution is 2.09. The summed E-state index contributed by atoms with van der Waals surface area (Å²) >= 11 is 0. The van der Waals surface area contributed by atoms with Gasteiger partial charge in [-0.1, -0.05) is 13.3 Å². The fourth-order valence-electron chi connectivity index (χ4n) is 1.08. The summed E-state index contributed by atoms with van der Waals surface area (Å²) in [5, 5.41) is 0. The lowest BCUT2D eigenvalue weighted by atomic mass is 10.3. The minimum Gasteiger partial charge on any atom is -0.211 e. The van der Waals surface area contributed by atoms with E-state index in [0.29, 0.717) is 6.54 Å². The average molecular weight is 231 g/mol. The lowest BCUT2D eigenvalue weighted by Crippen LogP contribution is -2.24. The highest BCUT2D eigenvalue weighted by molar-refractivity contribution is 7.89. The molecule has 0 heterocycles. The smallest absolute Gasteiger partial charge is 0.211 e. The van der Waals surface area contributed by atoms with Crippen molar-refractivity contribution in [2.45, 2.75) is 24.7 Å². The van der Waals surface area contributed by atoms with Crippen molar-refractivity contribution in [1.29, 1.82) is 0 Å². The van der Waals surface area contributed by atoms with E-state index in [-0.39, 0.29) is 4.90 Å². The molecule has 0 saturated carbocycles. The molecule has 0 aromatic heterocycles. The second-order valence-corrected chi connectivity index (χ2v) is 4.97. The molecule has 0 radical (unpaired) electrons. The van der Waals surface area contributed by atoms with E-state index in [0.717, 1.165) is 25.0 Å². The standard InChI is InChI=1S/C10H14FNO2S/c1-2-3-8-12-15(13,14)10-6-4-9(11)5-7-10/h4-7,12H,2-3,8H2,1H3. The largest absolute Gasteiger partial charge is 0.240 e. The Morgan fingerprint density at radius 1 is 1.27 bits per heavy atom. The van der Waals surface area contributed by atoms with Gasteiger partial charge in [-0.05, 0) is 30.7 Å². The van der Waals surface area contributed by atoms with Crippen molar-refractivity contribution in [2.24, 2.45) is 0 Å². The molecular weight excluding hydrogens is 217 g/mol. The van der Waals surface area contributed by atoms with Crippen LogP contribution in [0.3, 0.4) is 0 Å². The molecule has 0 aliphatic rings. The van der Waals surface area contributed by atoms with Gasteiger partial charge in [-0.2, -0.15) is 0 Å². The third kappa shape index (κ3) is 3.60. The molecule has 1 N–H and O–H groups in total. The first-order valence-electron chi connectivity index (χ1n) is 4.81. The first-order chi connectivity index (χ1) is 7.06. The minimum absolute atomic E-state index is 0.0972. The lowest BCUT2D eigenvalue weighted by Gasteiger charge is -2.05. The van der Waals surface area contributed by atoms with Gasteiger partial charge in [-0.15, -0.1) is 0 Å². The maximum absolute atomic E-state index is 12.6. The van der Waals surface area contributed by atoms with Crippen LogP contribution in [0, 0.1) is 5.82 Å². The zero-order valence-electron chi connectivity index (χ0n) is 8.53. The number of unbranched alkanes of at least 4 members (excludes halogenated alkanes) is 1. The summed E-state index contributed by atoms with van der Waals surface area (Å²) in [6.45, 7) is 2.39. The molecule has 0 atom stereocenters. The van der Waals surface area contributed by atoms with Crippen molar-refractivity contribution < 1.29 is 12.8 Å². The lowest BCUT2D eigenvalue weighted by molar-refractivity contribution is 0.577. The van der Waals surface area contributed by atoms with Crippen LogP contribution in [-0.4, -0.2) is 15.0 Å². The van der Waals surface area contributed by atoms with Crippen molar-refractivity contribution >= 4 is 10.0 Å².